The smallest absolute Gasteiger partial charge is 0.387 e. The number of aromatic nitrogens is 3. The average Bonchev–Trinajstić information content (AvgIpc) is 2.65. The first-order valence-corrected chi connectivity index (χ1v) is 4.39. The van der Waals surface area contributed by atoms with Gasteiger partial charge in [0.1, 0.15) is 5.69 Å². The molecule has 7 heteroatoms. The van der Waals surface area contributed by atoms with Crippen molar-refractivity contribution in [1.29, 1.82) is 0 Å². The maximum absolute atomic E-state index is 12.1. The fourth-order valence-corrected chi connectivity index (χ4v) is 1.24. The number of hydrogen-bond acceptors (Lipinski definition) is 4. The lowest BCUT2D eigenvalue weighted by molar-refractivity contribution is -0.0499. The highest BCUT2D eigenvalue weighted by Crippen LogP contribution is 2.23. The third-order valence-electron chi connectivity index (χ3n) is 1.84. The van der Waals surface area contributed by atoms with Crippen LogP contribution in [-0.4, -0.2) is 21.6 Å². The van der Waals surface area contributed by atoms with E-state index >= 15 is 0 Å². The van der Waals surface area contributed by atoms with Gasteiger partial charge in [-0.05, 0) is 12.1 Å². The zero-order valence-electron chi connectivity index (χ0n) is 8.05. The molecule has 0 radical (unpaired) electrons. The van der Waals surface area contributed by atoms with Crippen LogP contribution in [0.3, 0.4) is 0 Å². The van der Waals surface area contributed by atoms with Crippen molar-refractivity contribution in [1.82, 2.24) is 15.0 Å². The zero-order chi connectivity index (χ0) is 11.5. The summed E-state index contributed by atoms with van der Waals surface area (Å²) in [5.41, 5.74) is 5.74. The summed E-state index contributed by atoms with van der Waals surface area (Å²) in [5.74, 6) is 0.217. The van der Waals surface area contributed by atoms with Gasteiger partial charge in [0.2, 0.25) is 0 Å². The molecular weight excluding hydrogens is 218 g/mol. The van der Waals surface area contributed by atoms with Crippen LogP contribution >= 0.6 is 0 Å². The van der Waals surface area contributed by atoms with Crippen molar-refractivity contribution in [2.24, 2.45) is 0 Å². The summed E-state index contributed by atoms with van der Waals surface area (Å²) in [6.07, 6.45) is 1.41. The lowest BCUT2D eigenvalue weighted by Crippen LogP contribution is -2.06. The fourth-order valence-electron chi connectivity index (χ4n) is 1.24. The molecule has 2 N–H and O–H groups in total. The van der Waals surface area contributed by atoms with Crippen LogP contribution in [0.1, 0.15) is 0 Å². The predicted molar refractivity (Wildman–Crippen MR) is 52.4 cm³/mol. The third kappa shape index (κ3) is 2.08. The third-order valence-corrected chi connectivity index (χ3v) is 1.84. The molecule has 2 rings (SSSR count). The van der Waals surface area contributed by atoms with Gasteiger partial charge in [0.15, 0.2) is 11.6 Å². The van der Waals surface area contributed by atoms with Crippen molar-refractivity contribution in [2.45, 2.75) is 6.61 Å². The summed E-state index contributed by atoms with van der Waals surface area (Å²) in [7, 11) is 0. The highest BCUT2D eigenvalue weighted by atomic mass is 19.3. The summed E-state index contributed by atoms with van der Waals surface area (Å²) >= 11 is 0. The number of ether oxygens (including phenoxy) is 1. The molecule has 84 valence electrons. The molecule has 1 aromatic carbocycles. The molecule has 0 bridgehead atoms. The molecule has 0 aliphatic heterocycles. The van der Waals surface area contributed by atoms with Crippen LogP contribution in [-0.2, 0) is 0 Å². The first kappa shape index (κ1) is 10.3. The predicted octanol–water partition coefficient (Wildman–Crippen LogP) is 1.45. The van der Waals surface area contributed by atoms with Gasteiger partial charge in [-0.1, -0.05) is 17.3 Å². The van der Waals surface area contributed by atoms with E-state index in [1.165, 1.54) is 16.9 Å². The summed E-state index contributed by atoms with van der Waals surface area (Å²) in [6.45, 7) is -2.89. The standard InChI is InChI=1S/C9H8F2N4O/c10-9(11)16-7-4-2-1-3-6(7)15-5-8(12)13-14-15/h1-5,9H,12H2. The Morgan fingerprint density at radius 2 is 2.06 bits per heavy atom. The van der Waals surface area contributed by atoms with Crippen molar-refractivity contribution >= 4 is 5.82 Å². The Morgan fingerprint density at radius 3 is 2.69 bits per heavy atom. The largest absolute Gasteiger partial charge is 0.433 e. The van der Waals surface area contributed by atoms with E-state index in [1.54, 1.807) is 18.2 Å². The van der Waals surface area contributed by atoms with Crippen LogP contribution in [0.5, 0.6) is 5.75 Å². The van der Waals surface area contributed by atoms with E-state index < -0.39 is 6.61 Å². The lowest BCUT2D eigenvalue weighted by atomic mass is 10.3. The van der Waals surface area contributed by atoms with E-state index in [1.807, 2.05) is 0 Å². The number of anilines is 1. The molecule has 0 aliphatic rings. The Morgan fingerprint density at radius 1 is 1.31 bits per heavy atom. The molecule has 0 fully saturated rings. The van der Waals surface area contributed by atoms with E-state index in [-0.39, 0.29) is 11.6 Å². The topological polar surface area (TPSA) is 66.0 Å². The average molecular weight is 226 g/mol. The van der Waals surface area contributed by atoms with E-state index in [4.69, 9.17) is 5.73 Å². The number of alkyl halides is 2. The van der Waals surface area contributed by atoms with Crippen molar-refractivity contribution in [2.75, 3.05) is 5.73 Å². The minimum Gasteiger partial charge on any atom is -0.433 e. The maximum Gasteiger partial charge on any atom is 0.387 e. The second-order valence-electron chi connectivity index (χ2n) is 2.93. The first-order valence-electron chi connectivity index (χ1n) is 4.39. The molecule has 1 aromatic heterocycles. The van der Waals surface area contributed by atoms with Gasteiger partial charge >= 0.3 is 6.61 Å². The van der Waals surface area contributed by atoms with Gasteiger partial charge in [-0.3, -0.25) is 0 Å². The highest BCUT2D eigenvalue weighted by molar-refractivity contribution is 5.46. The maximum atomic E-state index is 12.1. The SMILES string of the molecule is Nc1cn(-c2ccccc2OC(F)F)nn1. The molecule has 0 spiro atoms. The number of para-hydroxylation sites is 2. The summed E-state index contributed by atoms with van der Waals surface area (Å²) in [6, 6.07) is 6.25. The van der Waals surface area contributed by atoms with Crippen molar-refractivity contribution in [3.8, 4) is 11.4 Å². The van der Waals surface area contributed by atoms with Crippen LogP contribution < -0.4 is 10.5 Å². The fraction of sp³-hybridized carbons (Fsp3) is 0.111. The number of nitrogens with two attached hydrogens (primary N) is 1. The zero-order valence-corrected chi connectivity index (χ0v) is 8.05. The van der Waals surface area contributed by atoms with Crippen LogP contribution in [0.4, 0.5) is 14.6 Å². The van der Waals surface area contributed by atoms with Gasteiger partial charge in [0, 0.05) is 0 Å². The molecule has 2 aromatic rings. The first-order chi connectivity index (χ1) is 7.66. The molecule has 0 aliphatic carbocycles. The second-order valence-corrected chi connectivity index (χ2v) is 2.93. The molecule has 0 atom stereocenters. The summed E-state index contributed by atoms with van der Waals surface area (Å²) in [5, 5.41) is 7.23. The molecular formula is C9H8F2N4O. The number of hydrogen-bond donors (Lipinski definition) is 1. The van der Waals surface area contributed by atoms with E-state index in [0.717, 1.165) is 0 Å². The van der Waals surface area contributed by atoms with Crippen LogP contribution in [0.15, 0.2) is 30.5 Å². The summed E-state index contributed by atoms with van der Waals surface area (Å²) < 4.78 is 29.9. The minimum atomic E-state index is -2.89. The molecule has 5 nitrogen and oxygen atoms in total. The minimum absolute atomic E-state index is 0.0161. The van der Waals surface area contributed by atoms with Gasteiger partial charge in [0.05, 0.1) is 6.20 Å². The Bertz CT molecular complexity index is 486. The molecule has 16 heavy (non-hydrogen) atoms. The van der Waals surface area contributed by atoms with Crippen LogP contribution in [0.25, 0.3) is 5.69 Å². The van der Waals surface area contributed by atoms with E-state index in [9.17, 15) is 8.78 Å². The van der Waals surface area contributed by atoms with Crippen molar-refractivity contribution in [3.63, 3.8) is 0 Å². The van der Waals surface area contributed by atoms with Crippen LogP contribution in [0, 0.1) is 0 Å². The number of benzene rings is 1. The second kappa shape index (κ2) is 4.13. The molecule has 0 unspecified atom stereocenters. The van der Waals surface area contributed by atoms with Crippen LogP contribution in [0.2, 0.25) is 0 Å². The van der Waals surface area contributed by atoms with Gasteiger partial charge in [-0.2, -0.15) is 8.78 Å². The highest BCUT2D eigenvalue weighted by Gasteiger charge is 2.11. The van der Waals surface area contributed by atoms with E-state index in [2.05, 4.69) is 15.0 Å². The Labute approximate surface area is 89.4 Å². The Hall–Kier alpha value is -2.18. The quantitative estimate of drug-likeness (QED) is 0.860. The lowest BCUT2D eigenvalue weighted by Gasteiger charge is -2.09. The van der Waals surface area contributed by atoms with Crippen molar-refractivity contribution < 1.29 is 13.5 Å². The summed E-state index contributed by atoms with van der Waals surface area (Å²) in [4.78, 5) is 0. The molecule has 0 saturated heterocycles. The molecule has 0 amide bonds. The molecule has 0 saturated carbocycles. The monoisotopic (exact) mass is 226 g/mol. The Balaban J connectivity index is 2.40. The van der Waals surface area contributed by atoms with Gasteiger partial charge in [0.25, 0.3) is 0 Å². The number of rotatable bonds is 3. The number of halogens is 2. The van der Waals surface area contributed by atoms with Crippen molar-refractivity contribution in [3.05, 3.63) is 30.5 Å². The molecule has 1 heterocycles. The van der Waals surface area contributed by atoms with Gasteiger partial charge in [-0.15, -0.1) is 5.10 Å². The number of nitrogen functional groups attached to an aromatic ring is 1. The van der Waals surface area contributed by atoms with E-state index in [0.29, 0.717) is 5.69 Å². The number of nitrogens with zero attached hydrogens (tertiary/aromatic N) is 3. The van der Waals surface area contributed by atoms with Gasteiger partial charge < -0.3 is 10.5 Å². The van der Waals surface area contributed by atoms with Gasteiger partial charge in [-0.25, -0.2) is 4.68 Å². The Kier molecular flexibility index (Phi) is 2.67. The normalized spacial score (nSPS) is 10.7.